The minimum Gasteiger partial charge on any atom is -0.478 e. The maximum atomic E-state index is 12.1. The van der Waals surface area contributed by atoms with Gasteiger partial charge in [-0.1, -0.05) is 12.1 Å². The summed E-state index contributed by atoms with van der Waals surface area (Å²) in [6.45, 7) is 0.325. The zero-order valence-electron chi connectivity index (χ0n) is 11.1. The highest BCUT2D eigenvalue weighted by Gasteiger charge is 2.10. The van der Waals surface area contributed by atoms with Crippen LogP contribution in [-0.2, 0) is 11.3 Å². The summed E-state index contributed by atoms with van der Waals surface area (Å²) in [5.74, 6) is -1.45. The number of carbonyl (C=O) groups is 2. The molecule has 2 aromatic heterocycles. The molecule has 6 nitrogen and oxygen atoms in total. The topological polar surface area (TPSA) is 92.2 Å². The van der Waals surface area contributed by atoms with Gasteiger partial charge in [0.05, 0.1) is 0 Å². The molecular formula is C15H13N3O3. The van der Waals surface area contributed by atoms with Gasteiger partial charge in [0.2, 0.25) is 0 Å². The number of carboxylic acid groups (broad SMARTS) is 1. The SMILES string of the molecule is O=C(O)/C=C/c1cccnc1C(=O)NCc1cccnc1. The molecule has 0 aliphatic carbocycles. The van der Waals surface area contributed by atoms with Gasteiger partial charge in [0, 0.05) is 36.8 Å². The predicted octanol–water partition coefficient (Wildman–Crippen LogP) is 1.50. The van der Waals surface area contributed by atoms with Crippen LogP contribution in [0.5, 0.6) is 0 Å². The smallest absolute Gasteiger partial charge is 0.328 e. The molecule has 106 valence electrons. The molecule has 2 heterocycles. The van der Waals surface area contributed by atoms with Crippen LogP contribution in [-0.4, -0.2) is 27.0 Å². The lowest BCUT2D eigenvalue weighted by Crippen LogP contribution is -2.24. The van der Waals surface area contributed by atoms with Crippen LogP contribution in [0.25, 0.3) is 6.08 Å². The maximum absolute atomic E-state index is 12.1. The Kier molecular flexibility index (Phi) is 4.76. The van der Waals surface area contributed by atoms with E-state index in [9.17, 15) is 9.59 Å². The van der Waals surface area contributed by atoms with Crippen LogP contribution in [0, 0.1) is 0 Å². The highest BCUT2D eigenvalue weighted by Crippen LogP contribution is 2.08. The van der Waals surface area contributed by atoms with Crippen LogP contribution in [0.2, 0.25) is 0 Å². The van der Waals surface area contributed by atoms with Crippen molar-refractivity contribution in [2.45, 2.75) is 6.54 Å². The van der Waals surface area contributed by atoms with E-state index in [1.165, 1.54) is 12.3 Å². The van der Waals surface area contributed by atoms with Crippen molar-refractivity contribution in [3.63, 3.8) is 0 Å². The second-order valence-corrected chi connectivity index (χ2v) is 4.16. The quantitative estimate of drug-likeness (QED) is 0.811. The van der Waals surface area contributed by atoms with Gasteiger partial charge in [0.1, 0.15) is 5.69 Å². The summed E-state index contributed by atoms with van der Waals surface area (Å²) in [5.41, 5.74) is 1.49. The molecule has 0 bridgehead atoms. The van der Waals surface area contributed by atoms with E-state index in [1.807, 2.05) is 6.07 Å². The summed E-state index contributed by atoms with van der Waals surface area (Å²) in [6, 6.07) is 6.89. The number of aliphatic carboxylic acids is 1. The number of hydrogen-bond acceptors (Lipinski definition) is 4. The number of nitrogens with zero attached hydrogens (tertiary/aromatic N) is 2. The van der Waals surface area contributed by atoms with Gasteiger partial charge < -0.3 is 10.4 Å². The molecule has 0 saturated heterocycles. The van der Waals surface area contributed by atoms with Crippen LogP contribution in [0.3, 0.4) is 0 Å². The second kappa shape index (κ2) is 6.95. The third kappa shape index (κ3) is 4.24. The molecule has 21 heavy (non-hydrogen) atoms. The van der Waals surface area contributed by atoms with Gasteiger partial charge in [-0.15, -0.1) is 0 Å². The number of hydrogen-bond donors (Lipinski definition) is 2. The first-order chi connectivity index (χ1) is 10.2. The van der Waals surface area contributed by atoms with Crippen LogP contribution >= 0.6 is 0 Å². The molecule has 2 rings (SSSR count). The first-order valence-corrected chi connectivity index (χ1v) is 6.20. The van der Waals surface area contributed by atoms with Crippen molar-refractivity contribution in [1.82, 2.24) is 15.3 Å². The third-order valence-corrected chi connectivity index (χ3v) is 2.64. The van der Waals surface area contributed by atoms with Crippen molar-refractivity contribution in [3.8, 4) is 0 Å². The number of carboxylic acids is 1. The number of pyridine rings is 2. The van der Waals surface area contributed by atoms with Crippen molar-refractivity contribution >= 4 is 18.0 Å². The maximum Gasteiger partial charge on any atom is 0.328 e. The fourth-order valence-electron chi connectivity index (χ4n) is 1.67. The van der Waals surface area contributed by atoms with Gasteiger partial charge >= 0.3 is 5.97 Å². The van der Waals surface area contributed by atoms with Crippen molar-refractivity contribution < 1.29 is 14.7 Å². The third-order valence-electron chi connectivity index (χ3n) is 2.64. The Hall–Kier alpha value is -3.02. The lowest BCUT2D eigenvalue weighted by Gasteiger charge is -2.06. The van der Waals surface area contributed by atoms with Gasteiger partial charge in [-0.05, 0) is 23.8 Å². The van der Waals surface area contributed by atoms with E-state index in [-0.39, 0.29) is 11.6 Å². The second-order valence-electron chi connectivity index (χ2n) is 4.16. The average molecular weight is 283 g/mol. The summed E-state index contributed by atoms with van der Waals surface area (Å²) in [6.07, 6.45) is 7.10. The molecule has 6 heteroatoms. The van der Waals surface area contributed by atoms with Crippen LogP contribution < -0.4 is 5.32 Å². The zero-order chi connectivity index (χ0) is 15.1. The lowest BCUT2D eigenvalue weighted by atomic mass is 10.1. The van der Waals surface area contributed by atoms with Crippen molar-refractivity contribution in [2.75, 3.05) is 0 Å². The fourth-order valence-corrected chi connectivity index (χ4v) is 1.67. The molecule has 0 spiro atoms. The number of nitrogens with one attached hydrogen (secondary N) is 1. The molecule has 0 fully saturated rings. The highest BCUT2D eigenvalue weighted by molar-refractivity contribution is 5.97. The van der Waals surface area contributed by atoms with Gasteiger partial charge in [-0.2, -0.15) is 0 Å². The van der Waals surface area contributed by atoms with Gasteiger partial charge in [-0.25, -0.2) is 4.79 Å². The van der Waals surface area contributed by atoms with E-state index < -0.39 is 5.97 Å². The lowest BCUT2D eigenvalue weighted by molar-refractivity contribution is -0.131. The van der Waals surface area contributed by atoms with E-state index >= 15 is 0 Å². The highest BCUT2D eigenvalue weighted by atomic mass is 16.4. The first kappa shape index (κ1) is 14.4. The fraction of sp³-hybridized carbons (Fsp3) is 0.0667. The molecular weight excluding hydrogens is 270 g/mol. The summed E-state index contributed by atoms with van der Waals surface area (Å²) < 4.78 is 0. The summed E-state index contributed by atoms with van der Waals surface area (Å²) in [5, 5.41) is 11.4. The van der Waals surface area contributed by atoms with E-state index in [2.05, 4.69) is 15.3 Å². The van der Waals surface area contributed by atoms with Crippen molar-refractivity contribution in [1.29, 1.82) is 0 Å². The largest absolute Gasteiger partial charge is 0.478 e. The van der Waals surface area contributed by atoms with Gasteiger partial charge in [-0.3, -0.25) is 14.8 Å². The molecule has 0 radical (unpaired) electrons. The van der Waals surface area contributed by atoms with Gasteiger partial charge in [0.15, 0.2) is 0 Å². The van der Waals surface area contributed by atoms with Gasteiger partial charge in [0.25, 0.3) is 5.91 Å². The molecule has 2 aromatic rings. The molecule has 0 aliphatic heterocycles. The number of aromatic nitrogens is 2. The van der Waals surface area contributed by atoms with Crippen LogP contribution in [0.1, 0.15) is 21.6 Å². The summed E-state index contributed by atoms with van der Waals surface area (Å²) in [4.78, 5) is 30.6. The Morgan fingerprint density at radius 3 is 2.76 bits per heavy atom. The molecule has 0 atom stereocenters. The average Bonchev–Trinajstić information content (AvgIpc) is 2.52. The number of amides is 1. The normalized spacial score (nSPS) is 10.5. The van der Waals surface area contributed by atoms with Crippen LogP contribution in [0.15, 0.2) is 48.9 Å². The summed E-state index contributed by atoms with van der Waals surface area (Å²) in [7, 11) is 0. The minimum atomic E-state index is -1.08. The molecule has 0 aliphatic rings. The molecule has 0 unspecified atom stereocenters. The Balaban J connectivity index is 2.10. The van der Waals surface area contributed by atoms with Crippen LogP contribution in [0.4, 0.5) is 0 Å². The summed E-state index contributed by atoms with van der Waals surface area (Å²) >= 11 is 0. The Morgan fingerprint density at radius 1 is 1.24 bits per heavy atom. The number of carbonyl (C=O) groups excluding carboxylic acids is 1. The molecule has 1 amide bonds. The standard InChI is InChI=1S/C15H13N3O3/c19-13(20)6-5-12-4-2-8-17-14(12)15(21)18-10-11-3-1-7-16-9-11/h1-9H,10H2,(H,18,21)(H,19,20)/b6-5+. The Labute approximate surface area is 121 Å². The van der Waals surface area contributed by atoms with Crippen molar-refractivity contribution in [3.05, 3.63) is 65.8 Å². The predicted molar refractivity (Wildman–Crippen MR) is 76.3 cm³/mol. The van der Waals surface area contributed by atoms with E-state index in [4.69, 9.17) is 5.11 Å². The van der Waals surface area contributed by atoms with E-state index in [0.717, 1.165) is 11.6 Å². The molecule has 0 saturated carbocycles. The van der Waals surface area contributed by atoms with Crippen molar-refractivity contribution in [2.24, 2.45) is 0 Å². The van der Waals surface area contributed by atoms with E-state index in [1.54, 1.807) is 30.6 Å². The number of rotatable bonds is 5. The molecule has 0 aromatic carbocycles. The zero-order valence-corrected chi connectivity index (χ0v) is 11.1. The Bertz CT molecular complexity index is 669. The molecule has 2 N–H and O–H groups in total. The minimum absolute atomic E-state index is 0.180. The Morgan fingerprint density at radius 2 is 2.05 bits per heavy atom. The first-order valence-electron chi connectivity index (χ1n) is 6.20. The monoisotopic (exact) mass is 283 g/mol. The van der Waals surface area contributed by atoms with E-state index in [0.29, 0.717) is 12.1 Å².